The number of ether oxygens (including phenoxy) is 1. The van der Waals surface area contributed by atoms with Gasteiger partial charge in [-0.05, 0) is 26.9 Å². The first kappa shape index (κ1) is 12.1. The van der Waals surface area contributed by atoms with Gasteiger partial charge < -0.3 is 14.5 Å². The molecule has 16 heavy (non-hydrogen) atoms. The van der Waals surface area contributed by atoms with Crippen molar-refractivity contribution in [1.82, 2.24) is 9.96 Å². The highest BCUT2D eigenvalue weighted by Gasteiger charge is 2.52. The number of carbonyl (C=O) groups excluding carboxylic acids is 1. The normalized spacial score (nSPS) is 35.1. The molecule has 0 saturated carbocycles. The zero-order chi connectivity index (χ0) is 11.8. The Labute approximate surface area is 104 Å². The molecule has 0 radical (unpaired) electrons. The van der Waals surface area contributed by atoms with E-state index in [1.807, 2.05) is 0 Å². The molecule has 0 spiro atoms. The quantitative estimate of drug-likeness (QED) is 0.566. The highest BCUT2D eigenvalue weighted by molar-refractivity contribution is 9.10. The summed E-state index contributed by atoms with van der Waals surface area (Å²) in [5.41, 5.74) is 0. The Hall–Kier alpha value is -0.330. The summed E-state index contributed by atoms with van der Waals surface area (Å²) in [5.74, 6) is 0. The summed E-state index contributed by atoms with van der Waals surface area (Å²) in [5, 5.41) is 1.69. The van der Waals surface area contributed by atoms with Gasteiger partial charge in [0.25, 0.3) is 0 Å². The van der Waals surface area contributed by atoms with Crippen LogP contribution < -0.4 is 0 Å². The molecular weight excluding hydrogens is 276 g/mol. The van der Waals surface area contributed by atoms with Crippen molar-refractivity contribution in [2.75, 3.05) is 33.3 Å². The third-order valence-electron chi connectivity index (χ3n) is 3.29. The number of likely N-dealkylation sites (N-methyl/N-ethyl adjacent to an activating group) is 1. The number of alkyl halides is 1. The van der Waals surface area contributed by atoms with Crippen LogP contribution in [0.5, 0.6) is 0 Å². The van der Waals surface area contributed by atoms with E-state index in [0.29, 0.717) is 12.6 Å². The van der Waals surface area contributed by atoms with Gasteiger partial charge in [0, 0.05) is 6.04 Å². The second-order valence-corrected chi connectivity index (χ2v) is 5.96. The molecule has 0 bridgehead atoms. The number of nitrogens with zero attached hydrogens (tertiary/aromatic N) is 2. The number of rotatable bonds is 2. The molecule has 2 rings (SSSR count). The molecule has 2 fully saturated rings. The molecule has 2 heterocycles. The van der Waals surface area contributed by atoms with E-state index in [-0.39, 0.29) is 4.32 Å². The standard InChI is InChI=1S/C10H17BrN2O3/c1-3-15-9(14)16-13-6-8-10(11,7-13)4-5-12(8)2/h8H,3-7H2,1-2H3. The van der Waals surface area contributed by atoms with Crippen molar-refractivity contribution in [1.29, 1.82) is 0 Å². The minimum atomic E-state index is -0.610. The van der Waals surface area contributed by atoms with Crippen LogP contribution in [0.25, 0.3) is 0 Å². The lowest BCUT2D eigenvalue weighted by molar-refractivity contribution is -0.116. The number of likely N-dealkylation sites (tertiary alicyclic amines) is 1. The van der Waals surface area contributed by atoms with Crippen LogP contribution in [0, 0.1) is 0 Å². The van der Waals surface area contributed by atoms with Crippen LogP contribution in [-0.4, -0.2) is 59.8 Å². The summed E-state index contributed by atoms with van der Waals surface area (Å²) in [6, 6.07) is 0.405. The average molecular weight is 293 g/mol. The molecule has 2 atom stereocenters. The van der Waals surface area contributed by atoms with Crippen LogP contribution in [0.15, 0.2) is 0 Å². The smallest absolute Gasteiger partial charge is 0.433 e. The summed E-state index contributed by atoms with van der Waals surface area (Å²) in [4.78, 5) is 18.6. The predicted octanol–water partition coefficient (Wildman–Crippen LogP) is 1.23. The summed E-state index contributed by atoms with van der Waals surface area (Å²) in [6.07, 6.45) is 0.470. The fourth-order valence-electron chi connectivity index (χ4n) is 2.44. The van der Waals surface area contributed by atoms with Gasteiger partial charge in [0.15, 0.2) is 0 Å². The molecule has 6 heteroatoms. The number of halogens is 1. The molecule has 0 aliphatic carbocycles. The Balaban J connectivity index is 1.90. The minimum Gasteiger partial charge on any atom is -0.433 e. The second kappa shape index (κ2) is 4.50. The number of carbonyl (C=O) groups is 1. The maximum Gasteiger partial charge on any atom is 0.527 e. The highest BCUT2D eigenvalue weighted by atomic mass is 79.9. The van der Waals surface area contributed by atoms with Gasteiger partial charge in [0.05, 0.1) is 24.0 Å². The molecule has 0 aromatic rings. The minimum absolute atomic E-state index is 0.0637. The molecule has 0 aromatic heterocycles. The van der Waals surface area contributed by atoms with Gasteiger partial charge in [0.2, 0.25) is 0 Å². The second-order valence-electron chi connectivity index (χ2n) is 4.38. The summed E-state index contributed by atoms with van der Waals surface area (Å²) >= 11 is 3.77. The fraction of sp³-hybridized carbons (Fsp3) is 0.900. The Morgan fingerprint density at radius 2 is 2.38 bits per heavy atom. The Bertz CT molecular complexity index is 289. The van der Waals surface area contributed by atoms with E-state index in [1.54, 1.807) is 12.0 Å². The van der Waals surface area contributed by atoms with Crippen LogP contribution in [0.1, 0.15) is 13.3 Å². The first-order chi connectivity index (χ1) is 7.55. The summed E-state index contributed by atoms with van der Waals surface area (Å²) < 4.78 is 4.82. The van der Waals surface area contributed by atoms with E-state index in [9.17, 15) is 4.79 Å². The van der Waals surface area contributed by atoms with E-state index in [4.69, 9.17) is 9.57 Å². The van der Waals surface area contributed by atoms with E-state index in [1.165, 1.54) is 0 Å². The van der Waals surface area contributed by atoms with E-state index in [2.05, 4.69) is 27.9 Å². The Morgan fingerprint density at radius 3 is 3.00 bits per heavy atom. The van der Waals surface area contributed by atoms with E-state index < -0.39 is 6.16 Å². The number of hydrogen-bond donors (Lipinski definition) is 0. The van der Waals surface area contributed by atoms with Crippen LogP contribution in [-0.2, 0) is 9.57 Å². The molecule has 0 amide bonds. The lowest BCUT2D eigenvalue weighted by atomic mass is 10.1. The number of fused-ring (bicyclic) bond motifs is 1. The van der Waals surface area contributed by atoms with Crippen molar-refractivity contribution in [3.8, 4) is 0 Å². The molecule has 0 N–H and O–H groups in total. The van der Waals surface area contributed by atoms with Crippen molar-refractivity contribution in [3.05, 3.63) is 0 Å². The maximum atomic E-state index is 11.2. The van der Waals surface area contributed by atoms with Crippen LogP contribution >= 0.6 is 15.9 Å². The lowest BCUT2D eigenvalue weighted by Gasteiger charge is -2.22. The van der Waals surface area contributed by atoms with Gasteiger partial charge in [-0.1, -0.05) is 15.9 Å². The molecule has 2 aliphatic rings. The zero-order valence-electron chi connectivity index (χ0n) is 9.61. The maximum absolute atomic E-state index is 11.2. The first-order valence-corrected chi connectivity index (χ1v) is 6.33. The average Bonchev–Trinajstić information content (AvgIpc) is 2.64. The largest absolute Gasteiger partial charge is 0.527 e. The number of hydrogen-bond acceptors (Lipinski definition) is 5. The van der Waals surface area contributed by atoms with E-state index in [0.717, 1.165) is 26.1 Å². The molecule has 2 saturated heterocycles. The zero-order valence-corrected chi connectivity index (χ0v) is 11.2. The van der Waals surface area contributed by atoms with Gasteiger partial charge in [0.1, 0.15) is 0 Å². The van der Waals surface area contributed by atoms with Crippen LogP contribution in [0.3, 0.4) is 0 Å². The topological polar surface area (TPSA) is 42.0 Å². The van der Waals surface area contributed by atoms with Crippen LogP contribution in [0.2, 0.25) is 0 Å². The molecule has 5 nitrogen and oxygen atoms in total. The van der Waals surface area contributed by atoms with Crippen molar-refractivity contribution >= 4 is 22.1 Å². The summed E-state index contributed by atoms with van der Waals surface area (Å²) in [6.45, 7) is 4.65. The van der Waals surface area contributed by atoms with Gasteiger partial charge in [-0.3, -0.25) is 0 Å². The first-order valence-electron chi connectivity index (χ1n) is 5.54. The van der Waals surface area contributed by atoms with E-state index >= 15 is 0 Å². The van der Waals surface area contributed by atoms with Gasteiger partial charge in [-0.2, -0.15) is 0 Å². The van der Waals surface area contributed by atoms with Gasteiger partial charge >= 0.3 is 6.16 Å². The van der Waals surface area contributed by atoms with Crippen LogP contribution in [0.4, 0.5) is 4.79 Å². The third-order valence-corrected chi connectivity index (χ3v) is 4.47. The Morgan fingerprint density at radius 1 is 1.62 bits per heavy atom. The summed E-state index contributed by atoms with van der Waals surface area (Å²) in [7, 11) is 2.10. The fourth-order valence-corrected chi connectivity index (χ4v) is 3.39. The lowest BCUT2D eigenvalue weighted by Crippen LogP contribution is -2.37. The Kier molecular flexibility index (Phi) is 3.42. The molecule has 0 aromatic carbocycles. The van der Waals surface area contributed by atoms with Gasteiger partial charge in [-0.25, -0.2) is 4.79 Å². The molecular formula is C10H17BrN2O3. The highest BCUT2D eigenvalue weighted by Crippen LogP contribution is 2.41. The molecule has 2 aliphatic heterocycles. The SMILES string of the molecule is CCOC(=O)ON1CC2N(C)CCC2(Br)C1. The third kappa shape index (κ3) is 2.19. The van der Waals surface area contributed by atoms with Crippen molar-refractivity contribution in [2.24, 2.45) is 0 Å². The molecule has 92 valence electrons. The van der Waals surface area contributed by atoms with Crippen molar-refractivity contribution < 1.29 is 14.4 Å². The number of hydroxylamine groups is 2. The predicted molar refractivity (Wildman–Crippen MR) is 62.4 cm³/mol. The van der Waals surface area contributed by atoms with Crippen molar-refractivity contribution in [3.63, 3.8) is 0 Å². The van der Waals surface area contributed by atoms with Crippen molar-refractivity contribution in [2.45, 2.75) is 23.7 Å². The molecule has 2 unspecified atom stereocenters. The van der Waals surface area contributed by atoms with Gasteiger partial charge in [-0.15, -0.1) is 5.06 Å². The monoisotopic (exact) mass is 292 g/mol.